The number of hydrogen-bond acceptors (Lipinski definition) is 4. The van der Waals surface area contributed by atoms with E-state index < -0.39 is 5.91 Å². The molecular formula is C22H22N4O3. The molecule has 2 heterocycles. The van der Waals surface area contributed by atoms with Crippen LogP contribution in [0.15, 0.2) is 54.9 Å². The van der Waals surface area contributed by atoms with Crippen LogP contribution < -0.4 is 10.1 Å². The summed E-state index contributed by atoms with van der Waals surface area (Å²) in [4.78, 5) is 34.4. The molecule has 0 fully saturated rings. The molecule has 0 bridgehead atoms. The van der Waals surface area contributed by atoms with E-state index in [0.717, 1.165) is 17.5 Å². The molecule has 7 heteroatoms. The number of carbonyl (C=O) groups excluding carboxylic acids is 2. The van der Waals surface area contributed by atoms with Gasteiger partial charge in [0.1, 0.15) is 11.4 Å². The minimum absolute atomic E-state index is 0.101. The quantitative estimate of drug-likeness (QED) is 0.701. The number of carbonyl (C=O) groups is 2. The molecule has 0 saturated carbocycles. The Morgan fingerprint density at radius 3 is 2.72 bits per heavy atom. The van der Waals surface area contributed by atoms with E-state index in [1.807, 2.05) is 42.5 Å². The van der Waals surface area contributed by atoms with Crippen LogP contribution in [0.1, 0.15) is 37.7 Å². The van der Waals surface area contributed by atoms with Gasteiger partial charge in [0.2, 0.25) is 0 Å². The lowest BCUT2D eigenvalue weighted by Gasteiger charge is -2.28. The molecule has 0 atom stereocenters. The zero-order chi connectivity index (χ0) is 20.2. The van der Waals surface area contributed by atoms with E-state index >= 15 is 0 Å². The smallest absolute Gasteiger partial charge is 0.273 e. The molecule has 4 rings (SSSR count). The molecule has 2 N–H and O–H groups in total. The highest BCUT2D eigenvalue weighted by Crippen LogP contribution is 2.21. The third-order valence-corrected chi connectivity index (χ3v) is 5.12. The molecule has 0 unspecified atom stereocenters. The summed E-state index contributed by atoms with van der Waals surface area (Å²) in [5.74, 6) is 0.0653. The summed E-state index contributed by atoms with van der Waals surface area (Å²) >= 11 is 0. The summed E-state index contributed by atoms with van der Waals surface area (Å²) in [5.41, 5.74) is 3.55. The molecule has 0 radical (unpaired) electrons. The third-order valence-electron chi connectivity index (χ3n) is 5.12. The maximum absolute atomic E-state index is 13.0. The number of fused-ring (bicyclic) bond motifs is 1. The second-order valence-electron chi connectivity index (χ2n) is 6.87. The molecule has 2 aromatic carbocycles. The van der Waals surface area contributed by atoms with Crippen LogP contribution in [-0.4, -0.2) is 40.3 Å². The molecule has 0 saturated heterocycles. The number of aromatic amines is 1. The van der Waals surface area contributed by atoms with Crippen molar-refractivity contribution in [1.82, 2.24) is 20.2 Å². The van der Waals surface area contributed by atoms with E-state index in [2.05, 4.69) is 21.4 Å². The van der Waals surface area contributed by atoms with Gasteiger partial charge in [-0.2, -0.15) is 0 Å². The summed E-state index contributed by atoms with van der Waals surface area (Å²) in [6, 6.07) is 15.6. The van der Waals surface area contributed by atoms with Crippen molar-refractivity contribution in [3.05, 3.63) is 82.9 Å². The number of imidazole rings is 1. The van der Waals surface area contributed by atoms with Crippen LogP contribution in [0.4, 0.5) is 0 Å². The van der Waals surface area contributed by atoms with E-state index in [1.165, 1.54) is 11.9 Å². The zero-order valence-electron chi connectivity index (χ0n) is 16.1. The maximum Gasteiger partial charge on any atom is 0.273 e. The molecule has 29 heavy (non-hydrogen) atoms. The first-order chi connectivity index (χ1) is 14.2. The van der Waals surface area contributed by atoms with Crippen LogP contribution in [0.25, 0.3) is 0 Å². The van der Waals surface area contributed by atoms with Crippen molar-refractivity contribution >= 4 is 11.8 Å². The Balaban J connectivity index is 1.47. The Morgan fingerprint density at radius 2 is 1.90 bits per heavy atom. The highest BCUT2D eigenvalue weighted by molar-refractivity contribution is 6.04. The SMILES string of the molecule is COc1ccccc1CNC(=O)c1nc[nH]c1C(=O)N1CCc2ccccc2C1. The molecule has 1 aromatic heterocycles. The first kappa shape index (κ1) is 18.7. The van der Waals surface area contributed by atoms with Gasteiger partial charge in [-0.1, -0.05) is 42.5 Å². The van der Waals surface area contributed by atoms with Crippen LogP contribution in [-0.2, 0) is 19.5 Å². The standard InChI is InChI=1S/C22H22N4O3/c1-29-18-9-5-4-7-16(18)12-23-21(27)19-20(25-14-24-19)22(28)26-11-10-15-6-2-3-8-17(15)13-26/h2-9,14H,10-13H2,1H3,(H,23,27)(H,24,25). The molecule has 7 nitrogen and oxygen atoms in total. The largest absolute Gasteiger partial charge is 0.496 e. The minimum atomic E-state index is -0.405. The van der Waals surface area contributed by atoms with E-state index in [1.54, 1.807) is 12.0 Å². The number of methoxy groups -OCH3 is 1. The maximum atomic E-state index is 13.0. The van der Waals surface area contributed by atoms with Gasteiger partial charge in [0, 0.05) is 25.2 Å². The first-order valence-electron chi connectivity index (χ1n) is 9.47. The van der Waals surface area contributed by atoms with Gasteiger partial charge in [-0.3, -0.25) is 9.59 Å². The Morgan fingerprint density at radius 1 is 1.14 bits per heavy atom. The number of aromatic nitrogens is 2. The van der Waals surface area contributed by atoms with Crippen LogP contribution in [0.2, 0.25) is 0 Å². The second kappa shape index (κ2) is 8.18. The number of benzene rings is 2. The number of hydrogen-bond donors (Lipinski definition) is 2. The highest BCUT2D eigenvalue weighted by atomic mass is 16.5. The van der Waals surface area contributed by atoms with Crippen LogP contribution in [0.5, 0.6) is 5.75 Å². The van der Waals surface area contributed by atoms with E-state index in [9.17, 15) is 9.59 Å². The number of H-pyrrole nitrogens is 1. The van der Waals surface area contributed by atoms with E-state index in [4.69, 9.17) is 4.74 Å². The summed E-state index contributed by atoms with van der Waals surface area (Å²) in [7, 11) is 1.59. The van der Waals surface area contributed by atoms with Crippen LogP contribution in [0, 0.1) is 0 Å². The topological polar surface area (TPSA) is 87.3 Å². The molecular weight excluding hydrogens is 368 g/mol. The molecule has 0 aliphatic carbocycles. The lowest BCUT2D eigenvalue weighted by molar-refractivity contribution is 0.0723. The lowest BCUT2D eigenvalue weighted by Crippen LogP contribution is -2.37. The first-order valence-corrected chi connectivity index (χ1v) is 9.47. The summed E-state index contributed by atoms with van der Waals surface area (Å²) in [5, 5.41) is 2.82. The molecule has 148 valence electrons. The van der Waals surface area contributed by atoms with Crippen molar-refractivity contribution in [2.24, 2.45) is 0 Å². The van der Waals surface area contributed by atoms with Gasteiger partial charge in [0.15, 0.2) is 5.69 Å². The Kier molecular flexibility index (Phi) is 5.29. The normalized spacial score (nSPS) is 12.9. The van der Waals surface area contributed by atoms with Gasteiger partial charge >= 0.3 is 0 Å². The van der Waals surface area contributed by atoms with Gasteiger partial charge in [-0.15, -0.1) is 0 Å². The zero-order valence-corrected chi connectivity index (χ0v) is 16.1. The molecule has 2 amide bonds. The van der Waals surface area contributed by atoms with Crippen molar-refractivity contribution in [2.45, 2.75) is 19.5 Å². The second-order valence-corrected chi connectivity index (χ2v) is 6.87. The average Bonchev–Trinajstić information content (AvgIpc) is 3.27. The number of amides is 2. The van der Waals surface area contributed by atoms with Crippen LogP contribution in [0.3, 0.4) is 0 Å². The van der Waals surface area contributed by atoms with Crippen molar-refractivity contribution < 1.29 is 14.3 Å². The number of nitrogens with one attached hydrogen (secondary N) is 2. The summed E-state index contributed by atoms with van der Waals surface area (Å²) < 4.78 is 5.30. The predicted molar refractivity (Wildman–Crippen MR) is 108 cm³/mol. The van der Waals surface area contributed by atoms with Crippen LogP contribution >= 0.6 is 0 Å². The average molecular weight is 390 g/mol. The Bertz CT molecular complexity index is 1040. The van der Waals surface area contributed by atoms with Crippen molar-refractivity contribution in [3.8, 4) is 5.75 Å². The molecule has 0 spiro atoms. The van der Waals surface area contributed by atoms with E-state index in [0.29, 0.717) is 18.8 Å². The molecule has 1 aliphatic heterocycles. The van der Waals surface area contributed by atoms with Crippen molar-refractivity contribution in [2.75, 3.05) is 13.7 Å². The van der Waals surface area contributed by atoms with Gasteiger partial charge in [-0.05, 0) is 23.6 Å². The third kappa shape index (κ3) is 3.85. The fourth-order valence-corrected chi connectivity index (χ4v) is 3.56. The van der Waals surface area contributed by atoms with Gasteiger partial charge in [-0.25, -0.2) is 4.98 Å². The Labute approximate surface area is 168 Å². The van der Waals surface area contributed by atoms with Gasteiger partial charge in [0.05, 0.1) is 13.4 Å². The monoisotopic (exact) mass is 390 g/mol. The molecule has 3 aromatic rings. The van der Waals surface area contributed by atoms with E-state index in [-0.39, 0.29) is 23.8 Å². The fraction of sp³-hybridized carbons (Fsp3) is 0.227. The lowest BCUT2D eigenvalue weighted by atomic mass is 9.99. The van der Waals surface area contributed by atoms with Gasteiger partial charge < -0.3 is 19.9 Å². The van der Waals surface area contributed by atoms with Crippen molar-refractivity contribution in [3.63, 3.8) is 0 Å². The number of nitrogens with zero attached hydrogens (tertiary/aromatic N) is 2. The Hall–Kier alpha value is -3.61. The number of para-hydroxylation sites is 1. The number of rotatable bonds is 5. The van der Waals surface area contributed by atoms with Crippen molar-refractivity contribution in [1.29, 1.82) is 0 Å². The van der Waals surface area contributed by atoms with Gasteiger partial charge in [0.25, 0.3) is 11.8 Å². The summed E-state index contributed by atoms with van der Waals surface area (Å²) in [6.07, 6.45) is 2.18. The fourth-order valence-electron chi connectivity index (χ4n) is 3.56. The predicted octanol–water partition coefficient (Wildman–Crippen LogP) is 2.55. The summed E-state index contributed by atoms with van der Waals surface area (Å²) in [6.45, 7) is 1.41. The molecule has 1 aliphatic rings. The number of ether oxygens (including phenoxy) is 1. The minimum Gasteiger partial charge on any atom is -0.496 e. The highest BCUT2D eigenvalue weighted by Gasteiger charge is 2.27.